The van der Waals surface area contributed by atoms with E-state index in [1.54, 1.807) is 35.4 Å². The van der Waals surface area contributed by atoms with Crippen molar-refractivity contribution in [1.82, 2.24) is 24.7 Å². The molecule has 8 heteroatoms. The summed E-state index contributed by atoms with van der Waals surface area (Å²) in [7, 11) is 3.95. The molecule has 0 spiro atoms. The van der Waals surface area contributed by atoms with E-state index in [2.05, 4.69) is 25.0 Å². The predicted molar refractivity (Wildman–Crippen MR) is 113 cm³/mol. The average Bonchev–Trinajstić information content (AvgIpc) is 2.76. The number of hydrogen-bond acceptors (Lipinski definition) is 7. The van der Waals surface area contributed by atoms with Gasteiger partial charge in [0.05, 0.1) is 5.69 Å². The molecule has 4 rings (SSSR count). The van der Waals surface area contributed by atoms with Gasteiger partial charge in [-0.1, -0.05) is 0 Å². The van der Waals surface area contributed by atoms with Gasteiger partial charge in [0.25, 0.3) is 5.56 Å². The molecule has 0 aromatic carbocycles. The molecular weight excluding hydrogens is 366 g/mol. The maximum atomic E-state index is 12.3. The monoisotopic (exact) mass is 391 g/mol. The second-order valence-electron chi connectivity index (χ2n) is 7.51. The Morgan fingerprint density at radius 1 is 1.03 bits per heavy atom. The van der Waals surface area contributed by atoms with Gasteiger partial charge in [-0.3, -0.25) is 9.78 Å². The van der Waals surface area contributed by atoms with Crippen molar-refractivity contribution in [3.63, 3.8) is 0 Å². The lowest BCUT2D eigenvalue weighted by Gasteiger charge is -2.32. The summed E-state index contributed by atoms with van der Waals surface area (Å²) in [6.45, 7) is 2.38. The van der Waals surface area contributed by atoms with Gasteiger partial charge >= 0.3 is 0 Å². The highest BCUT2D eigenvalue weighted by molar-refractivity contribution is 5.57. The Bertz CT molecular complexity index is 1010. The molecule has 1 fully saturated rings. The maximum Gasteiger partial charge on any atom is 0.266 e. The summed E-state index contributed by atoms with van der Waals surface area (Å²) < 4.78 is 1.60. The van der Waals surface area contributed by atoms with Crippen LogP contribution < -0.4 is 15.4 Å². The van der Waals surface area contributed by atoms with Crippen LogP contribution in [0.3, 0.4) is 0 Å². The third kappa shape index (κ3) is 4.42. The molecule has 0 saturated carbocycles. The van der Waals surface area contributed by atoms with Crippen molar-refractivity contribution in [2.24, 2.45) is 5.92 Å². The van der Waals surface area contributed by atoms with Crippen molar-refractivity contribution in [3.05, 3.63) is 59.3 Å². The van der Waals surface area contributed by atoms with E-state index in [0.717, 1.165) is 49.0 Å². The fourth-order valence-corrected chi connectivity index (χ4v) is 3.56. The van der Waals surface area contributed by atoms with Crippen LogP contribution in [0.4, 0.5) is 11.8 Å². The summed E-state index contributed by atoms with van der Waals surface area (Å²) in [5.74, 6) is 2.08. The Hall–Kier alpha value is -3.29. The Morgan fingerprint density at radius 2 is 1.79 bits per heavy atom. The average molecular weight is 391 g/mol. The fourth-order valence-electron chi connectivity index (χ4n) is 3.56. The van der Waals surface area contributed by atoms with Crippen LogP contribution in [-0.2, 0) is 6.54 Å². The third-order valence-electron chi connectivity index (χ3n) is 5.26. The lowest BCUT2D eigenvalue weighted by Crippen LogP contribution is -2.37. The van der Waals surface area contributed by atoms with E-state index in [-0.39, 0.29) is 5.56 Å². The number of aromatic nitrogens is 5. The van der Waals surface area contributed by atoms with Crippen molar-refractivity contribution in [2.45, 2.75) is 19.4 Å². The van der Waals surface area contributed by atoms with Crippen molar-refractivity contribution in [1.29, 1.82) is 0 Å². The number of rotatable bonds is 5. The molecule has 1 saturated heterocycles. The molecule has 0 atom stereocenters. The van der Waals surface area contributed by atoms with Gasteiger partial charge < -0.3 is 9.80 Å². The summed E-state index contributed by atoms with van der Waals surface area (Å²) >= 11 is 0. The zero-order valence-corrected chi connectivity index (χ0v) is 16.8. The molecule has 0 N–H and O–H groups in total. The summed E-state index contributed by atoms with van der Waals surface area (Å²) in [4.78, 5) is 29.6. The normalized spacial score (nSPS) is 14.8. The topological polar surface area (TPSA) is 80.0 Å². The van der Waals surface area contributed by atoms with Crippen LogP contribution >= 0.6 is 0 Å². The molecule has 0 radical (unpaired) electrons. The number of nitrogens with zero attached hydrogens (tertiary/aromatic N) is 7. The number of anilines is 2. The summed E-state index contributed by atoms with van der Waals surface area (Å²) in [6.07, 6.45) is 7.22. The number of piperidine rings is 1. The van der Waals surface area contributed by atoms with Crippen LogP contribution in [0.2, 0.25) is 0 Å². The molecule has 1 aliphatic heterocycles. The zero-order chi connectivity index (χ0) is 20.2. The molecule has 4 heterocycles. The second-order valence-corrected chi connectivity index (χ2v) is 7.51. The van der Waals surface area contributed by atoms with Crippen molar-refractivity contribution in [3.8, 4) is 11.3 Å². The SMILES string of the molecule is CN(C)c1ccnc(N2CCC(Cn3nc(-c4ccncc4)ccc3=O)CC2)n1. The molecular formula is C21H25N7O. The standard InChI is InChI=1S/C21H25N7O/c1-26(2)19-7-12-23-21(24-19)27-13-8-16(9-14-27)15-28-20(29)4-3-18(25-28)17-5-10-22-11-6-17/h3-7,10-12,16H,8-9,13-15H2,1-2H3. The summed E-state index contributed by atoms with van der Waals surface area (Å²) in [5.41, 5.74) is 1.69. The molecule has 150 valence electrons. The van der Waals surface area contributed by atoms with E-state index in [4.69, 9.17) is 0 Å². The molecule has 8 nitrogen and oxygen atoms in total. The zero-order valence-electron chi connectivity index (χ0n) is 16.8. The van der Waals surface area contributed by atoms with Crippen LogP contribution in [0, 0.1) is 5.92 Å². The van der Waals surface area contributed by atoms with Gasteiger partial charge in [-0.15, -0.1) is 0 Å². The van der Waals surface area contributed by atoms with E-state index in [0.29, 0.717) is 12.5 Å². The number of pyridine rings is 1. The predicted octanol–water partition coefficient (Wildman–Crippen LogP) is 2.08. The molecule has 3 aromatic rings. The van der Waals surface area contributed by atoms with Crippen molar-refractivity contribution < 1.29 is 0 Å². The van der Waals surface area contributed by atoms with E-state index in [1.165, 1.54) is 0 Å². The molecule has 29 heavy (non-hydrogen) atoms. The molecule has 1 aliphatic rings. The van der Waals surface area contributed by atoms with Gasteiger partial charge in [-0.25, -0.2) is 9.67 Å². The van der Waals surface area contributed by atoms with Gasteiger partial charge in [0.1, 0.15) is 5.82 Å². The minimum Gasteiger partial charge on any atom is -0.363 e. The van der Waals surface area contributed by atoms with Gasteiger partial charge in [-0.05, 0) is 43.0 Å². The minimum absolute atomic E-state index is 0.0627. The summed E-state index contributed by atoms with van der Waals surface area (Å²) in [5, 5.41) is 4.58. The Balaban J connectivity index is 1.42. The highest BCUT2D eigenvalue weighted by Gasteiger charge is 2.22. The smallest absolute Gasteiger partial charge is 0.266 e. The van der Waals surface area contributed by atoms with Crippen LogP contribution in [0.15, 0.2) is 53.7 Å². The van der Waals surface area contributed by atoms with Crippen LogP contribution in [0.5, 0.6) is 0 Å². The van der Waals surface area contributed by atoms with E-state index in [1.807, 2.05) is 37.2 Å². The van der Waals surface area contributed by atoms with Crippen LogP contribution in [0.25, 0.3) is 11.3 Å². The Kier molecular flexibility index (Phi) is 5.50. The van der Waals surface area contributed by atoms with E-state index >= 15 is 0 Å². The quantitative estimate of drug-likeness (QED) is 0.659. The van der Waals surface area contributed by atoms with E-state index in [9.17, 15) is 4.79 Å². The highest BCUT2D eigenvalue weighted by Crippen LogP contribution is 2.23. The highest BCUT2D eigenvalue weighted by atomic mass is 16.1. The first-order valence-corrected chi connectivity index (χ1v) is 9.84. The molecule has 3 aromatic heterocycles. The molecule has 0 amide bonds. The minimum atomic E-state index is -0.0627. The number of hydrogen-bond donors (Lipinski definition) is 0. The first-order chi connectivity index (χ1) is 14.1. The molecule has 0 bridgehead atoms. The Morgan fingerprint density at radius 3 is 2.52 bits per heavy atom. The second kappa shape index (κ2) is 8.38. The van der Waals surface area contributed by atoms with Gasteiger partial charge in [0.2, 0.25) is 5.95 Å². The lowest BCUT2D eigenvalue weighted by molar-refractivity contribution is 0.334. The third-order valence-corrected chi connectivity index (χ3v) is 5.26. The maximum absolute atomic E-state index is 12.3. The van der Waals surface area contributed by atoms with Gasteiger partial charge in [0.15, 0.2) is 0 Å². The largest absolute Gasteiger partial charge is 0.363 e. The molecule has 0 unspecified atom stereocenters. The fraction of sp³-hybridized carbons (Fsp3) is 0.381. The van der Waals surface area contributed by atoms with E-state index < -0.39 is 0 Å². The Labute approximate surface area is 169 Å². The van der Waals surface area contributed by atoms with Crippen LogP contribution in [-0.4, -0.2) is 51.9 Å². The lowest BCUT2D eigenvalue weighted by atomic mass is 9.97. The van der Waals surface area contributed by atoms with Gasteiger partial charge in [-0.2, -0.15) is 10.1 Å². The first kappa shape index (κ1) is 19.0. The van der Waals surface area contributed by atoms with Gasteiger partial charge in [0, 0.05) is 63.9 Å². The van der Waals surface area contributed by atoms with Crippen molar-refractivity contribution >= 4 is 11.8 Å². The first-order valence-electron chi connectivity index (χ1n) is 9.84. The van der Waals surface area contributed by atoms with Crippen molar-refractivity contribution in [2.75, 3.05) is 37.0 Å². The van der Waals surface area contributed by atoms with Crippen LogP contribution in [0.1, 0.15) is 12.8 Å². The summed E-state index contributed by atoms with van der Waals surface area (Å²) in [6, 6.07) is 9.07. The molecule has 0 aliphatic carbocycles.